The Morgan fingerprint density at radius 2 is 0.519 bits per heavy atom. The first-order chi connectivity index (χ1) is 26.7. The van der Waals surface area contributed by atoms with Crippen LogP contribution in [0.2, 0.25) is 0 Å². The molecule has 0 aliphatic carbocycles. The van der Waals surface area contributed by atoms with Gasteiger partial charge < -0.3 is 0 Å². The average molecular weight is 681 g/mol. The minimum atomic E-state index is 0.660. The molecule has 0 saturated carbocycles. The van der Waals surface area contributed by atoms with E-state index in [1.807, 2.05) is 48.5 Å². The zero-order valence-electron chi connectivity index (χ0n) is 29.1. The molecule has 0 amide bonds. The highest BCUT2D eigenvalue weighted by Gasteiger charge is 2.27. The fourth-order valence-corrected chi connectivity index (χ4v) is 9.05. The van der Waals surface area contributed by atoms with Crippen molar-refractivity contribution >= 4 is 64.6 Å². The Hall–Kier alpha value is -7.52. The predicted octanol–water partition coefficient (Wildman–Crippen LogP) is 13.9. The summed E-state index contributed by atoms with van der Waals surface area (Å²) in [6.07, 6.45) is 0. The standard InChI is InChI=1S/C52H28N2/c53-29-31-13-17-33(18-14-31)35-21-25-39(26-22-35)47-49-41-9-1-5-37-6-2-10-42(45(37)41)50(49)48(40-27-23-36(24-28-40)34-19-15-32(30-54)16-20-34)52-44-12-4-8-38-7-3-11-43(46(38)44)51(47)52/h1-28H. The molecule has 54 heavy (non-hydrogen) atoms. The Kier molecular flexibility index (Phi) is 6.41. The molecular weight excluding hydrogens is 653 g/mol. The number of fused-ring (bicyclic) bond motifs is 6. The second kappa shape index (κ2) is 11.5. The lowest BCUT2D eigenvalue weighted by Gasteiger charge is -2.16. The van der Waals surface area contributed by atoms with Gasteiger partial charge in [0.15, 0.2) is 0 Å². The van der Waals surface area contributed by atoms with Crippen molar-refractivity contribution in [1.82, 2.24) is 0 Å². The SMILES string of the molecule is N#Cc1ccc(-c2ccc(-c3c4c5cccc6cccc(c4c(-c4ccc(-c7ccc(C#N)cc7)cc4)c4c7cccc8cccc(c34)c87)c65)cc2)cc1. The van der Waals surface area contributed by atoms with Gasteiger partial charge in [-0.3, -0.25) is 0 Å². The largest absolute Gasteiger partial charge is 0.192 e. The van der Waals surface area contributed by atoms with E-state index in [9.17, 15) is 10.5 Å². The third kappa shape index (κ3) is 4.26. The first kappa shape index (κ1) is 30.1. The third-order valence-corrected chi connectivity index (χ3v) is 11.4. The summed E-state index contributed by atoms with van der Waals surface area (Å²) >= 11 is 0. The van der Waals surface area contributed by atoms with Crippen LogP contribution in [0.4, 0.5) is 0 Å². The molecule has 246 valence electrons. The lowest BCUT2D eigenvalue weighted by molar-refractivity contribution is 1.48. The molecule has 0 aromatic heterocycles. The summed E-state index contributed by atoms with van der Waals surface area (Å²) in [6, 6.07) is 65.0. The van der Waals surface area contributed by atoms with E-state index in [1.54, 1.807) is 0 Å². The predicted molar refractivity (Wildman–Crippen MR) is 225 cm³/mol. The highest BCUT2D eigenvalue weighted by Crippen LogP contribution is 2.55. The van der Waals surface area contributed by atoms with Gasteiger partial charge in [0.1, 0.15) is 0 Å². The van der Waals surface area contributed by atoms with Crippen LogP contribution < -0.4 is 0 Å². The summed E-state index contributed by atoms with van der Waals surface area (Å²) in [4.78, 5) is 0. The normalized spacial score (nSPS) is 11.7. The van der Waals surface area contributed by atoms with E-state index in [-0.39, 0.29) is 0 Å². The van der Waals surface area contributed by atoms with Crippen LogP contribution in [0.1, 0.15) is 11.1 Å². The lowest BCUT2D eigenvalue weighted by Crippen LogP contribution is -1.89. The molecular formula is C52H28N2. The van der Waals surface area contributed by atoms with Gasteiger partial charge in [0.25, 0.3) is 0 Å². The summed E-state index contributed by atoms with van der Waals surface area (Å²) in [5, 5.41) is 34.0. The first-order valence-electron chi connectivity index (χ1n) is 18.2. The van der Waals surface area contributed by atoms with Crippen LogP contribution in [0.5, 0.6) is 0 Å². The Morgan fingerprint density at radius 3 is 0.796 bits per heavy atom. The highest BCUT2D eigenvalue weighted by molar-refractivity contribution is 6.46. The molecule has 0 N–H and O–H groups in total. The van der Waals surface area contributed by atoms with Gasteiger partial charge in [-0.15, -0.1) is 0 Å². The Labute approximate surface area is 311 Å². The van der Waals surface area contributed by atoms with E-state index in [1.165, 1.54) is 86.9 Å². The van der Waals surface area contributed by atoms with Crippen LogP contribution in [0.25, 0.3) is 109 Å². The van der Waals surface area contributed by atoms with E-state index in [0.717, 1.165) is 22.3 Å². The number of benzene rings is 9. The topological polar surface area (TPSA) is 47.6 Å². The van der Waals surface area contributed by atoms with Crippen molar-refractivity contribution in [1.29, 1.82) is 10.5 Å². The number of nitriles is 2. The maximum Gasteiger partial charge on any atom is 0.0991 e. The summed E-state index contributed by atoms with van der Waals surface area (Å²) in [5.74, 6) is 0. The van der Waals surface area contributed by atoms with Crippen molar-refractivity contribution in [3.63, 3.8) is 0 Å². The molecule has 0 fully saturated rings. The Morgan fingerprint density at radius 1 is 0.259 bits per heavy atom. The molecule has 0 unspecified atom stereocenters. The van der Waals surface area contributed by atoms with Crippen molar-refractivity contribution in [3.8, 4) is 56.6 Å². The van der Waals surface area contributed by atoms with Gasteiger partial charge in [-0.05, 0) is 133 Å². The van der Waals surface area contributed by atoms with E-state index < -0.39 is 0 Å². The van der Waals surface area contributed by atoms with Gasteiger partial charge in [0.05, 0.1) is 23.3 Å². The molecule has 11 aromatic rings. The van der Waals surface area contributed by atoms with Crippen molar-refractivity contribution in [2.24, 2.45) is 0 Å². The van der Waals surface area contributed by atoms with Crippen LogP contribution in [-0.4, -0.2) is 0 Å². The third-order valence-electron chi connectivity index (χ3n) is 11.4. The van der Waals surface area contributed by atoms with Crippen molar-refractivity contribution in [2.45, 2.75) is 0 Å². The van der Waals surface area contributed by atoms with E-state index in [0.29, 0.717) is 11.1 Å². The van der Waals surface area contributed by atoms with E-state index in [4.69, 9.17) is 0 Å². The molecule has 11 rings (SSSR count). The fraction of sp³-hybridized carbons (Fsp3) is 0. The highest BCUT2D eigenvalue weighted by atomic mass is 14.3. The zero-order valence-corrected chi connectivity index (χ0v) is 29.1. The molecule has 0 aliphatic heterocycles. The summed E-state index contributed by atoms with van der Waals surface area (Å²) in [7, 11) is 0. The molecule has 0 atom stereocenters. The summed E-state index contributed by atoms with van der Waals surface area (Å²) in [5.41, 5.74) is 10.6. The smallest absolute Gasteiger partial charge is 0.0991 e. The van der Waals surface area contributed by atoms with Gasteiger partial charge in [-0.1, -0.05) is 146 Å². The van der Waals surface area contributed by atoms with Gasteiger partial charge in [0.2, 0.25) is 0 Å². The maximum atomic E-state index is 9.36. The molecule has 11 aromatic carbocycles. The van der Waals surface area contributed by atoms with Crippen LogP contribution in [-0.2, 0) is 0 Å². The van der Waals surface area contributed by atoms with Gasteiger partial charge >= 0.3 is 0 Å². The number of nitrogens with zero attached hydrogens (tertiary/aromatic N) is 2. The zero-order chi connectivity index (χ0) is 35.9. The van der Waals surface area contributed by atoms with Crippen LogP contribution >= 0.6 is 0 Å². The molecule has 0 saturated heterocycles. The Balaban J connectivity index is 1.28. The van der Waals surface area contributed by atoms with Gasteiger partial charge in [0, 0.05) is 0 Å². The second-order valence-corrected chi connectivity index (χ2v) is 14.2. The number of hydrogen-bond acceptors (Lipinski definition) is 2. The molecule has 0 aliphatic rings. The van der Waals surface area contributed by atoms with Gasteiger partial charge in [-0.25, -0.2) is 0 Å². The van der Waals surface area contributed by atoms with E-state index >= 15 is 0 Å². The van der Waals surface area contributed by atoms with Crippen LogP contribution in [0.15, 0.2) is 170 Å². The first-order valence-corrected chi connectivity index (χ1v) is 18.2. The quantitative estimate of drug-likeness (QED) is 0.186. The average Bonchev–Trinajstić information content (AvgIpc) is 3.75. The summed E-state index contributed by atoms with van der Waals surface area (Å²) < 4.78 is 0. The minimum absolute atomic E-state index is 0.660. The second-order valence-electron chi connectivity index (χ2n) is 14.2. The molecule has 0 heterocycles. The van der Waals surface area contributed by atoms with Crippen molar-refractivity contribution in [2.75, 3.05) is 0 Å². The maximum absolute atomic E-state index is 9.36. The summed E-state index contributed by atoms with van der Waals surface area (Å²) in [6.45, 7) is 0. The van der Waals surface area contributed by atoms with E-state index in [2.05, 4.69) is 133 Å². The number of rotatable bonds is 4. The van der Waals surface area contributed by atoms with Crippen molar-refractivity contribution in [3.05, 3.63) is 181 Å². The number of hydrogen-bond donors (Lipinski definition) is 0. The Bertz CT molecular complexity index is 3000. The van der Waals surface area contributed by atoms with Crippen molar-refractivity contribution < 1.29 is 0 Å². The molecule has 0 bridgehead atoms. The molecule has 0 radical (unpaired) electrons. The van der Waals surface area contributed by atoms with Crippen LogP contribution in [0.3, 0.4) is 0 Å². The van der Waals surface area contributed by atoms with Gasteiger partial charge in [-0.2, -0.15) is 10.5 Å². The monoisotopic (exact) mass is 680 g/mol. The molecule has 2 nitrogen and oxygen atoms in total. The molecule has 0 spiro atoms. The lowest BCUT2D eigenvalue weighted by atomic mass is 9.86. The van der Waals surface area contributed by atoms with Crippen LogP contribution in [0, 0.1) is 22.7 Å². The fourth-order valence-electron chi connectivity index (χ4n) is 9.05. The molecule has 2 heteroatoms. The minimum Gasteiger partial charge on any atom is -0.192 e.